The summed E-state index contributed by atoms with van der Waals surface area (Å²) in [4.78, 5) is 4.53. The zero-order chi connectivity index (χ0) is 10.5. The molecule has 0 atom stereocenters. The van der Waals surface area contributed by atoms with Crippen LogP contribution in [0, 0.1) is 11.3 Å². The van der Waals surface area contributed by atoms with Crippen molar-refractivity contribution in [1.82, 2.24) is 4.98 Å². The van der Waals surface area contributed by atoms with Gasteiger partial charge in [0, 0.05) is 4.47 Å². The van der Waals surface area contributed by atoms with E-state index in [4.69, 9.17) is 5.26 Å². The van der Waals surface area contributed by atoms with Crippen LogP contribution in [0.25, 0.3) is 10.2 Å². The van der Waals surface area contributed by atoms with E-state index in [9.17, 15) is 0 Å². The van der Waals surface area contributed by atoms with Gasteiger partial charge < -0.3 is 0 Å². The summed E-state index contributed by atoms with van der Waals surface area (Å²) >= 11 is 5.08. The van der Waals surface area contributed by atoms with Crippen molar-refractivity contribution in [3.8, 4) is 6.07 Å². The van der Waals surface area contributed by atoms with Crippen molar-refractivity contribution in [2.75, 3.05) is 0 Å². The van der Waals surface area contributed by atoms with Crippen molar-refractivity contribution < 1.29 is 0 Å². The highest BCUT2D eigenvalue weighted by molar-refractivity contribution is 9.10. The van der Waals surface area contributed by atoms with Crippen LogP contribution in [0.3, 0.4) is 0 Å². The second kappa shape index (κ2) is 3.03. The quantitative estimate of drug-likeness (QED) is 0.799. The van der Waals surface area contributed by atoms with Gasteiger partial charge in [-0.05, 0) is 31.0 Å². The lowest BCUT2D eigenvalue weighted by molar-refractivity contribution is 0.895. The van der Waals surface area contributed by atoms with E-state index in [-0.39, 0.29) is 5.41 Å². The fourth-order valence-electron chi connectivity index (χ4n) is 1.60. The highest BCUT2D eigenvalue weighted by atomic mass is 79.9. The number of hydrogen-bond donors (Lipinski definition) is 0. The normalized spacial score (nSPS) is 17.6. The molecule has 0 radical (unpaired) electrons. The molecule has 15 heavy (non-hydrogen) atoms. The average molecular weight is 279 g/mol. The first-order chi connectivity index (χ1) is 7.23. The Hall–Kier alpha value is -0.920. The molecule has 0 unspecified atom stereocenters. The Bertz CT molecular complexity index is 578. The van der Waals surface area contributed by atoms with E-state index in [2.05, 4.69) is 33.0 Å². The van der Waals surface area contributed by atoms with Gasteiger partial charge in [0.1, 0.15) is 10.4 Å². The Kier molecular flexibility index (Phi) is 1.88. The van der Waals surface area contributed by atoms with Crippen molar-refractivity contribution in [2.45, 2.75) is 18.3 Å². The minimum atomic E-state index is -0.254. The highest BCUT2D eigenvalue weighted by Crippen LogP contribution is 2.49. The molecule has 1 heterocycles. The minimum absolute atomic E-state index is 0.254. The first-order valence-electron chi connectivity index (χ1n) is 4.71. The van der Waals surface area contributed by atoms with Crippen LogP contribution < -0.4 is 0 Å². The third kappa shape index (κ3) is 1.38. The van der Waals surface area contributed by atoms with Crippen LogP contribution in [-0.4, -0.2) is 4.98 Å². The van der Waals surface area contributed by atoms with E-state index < -0.39 is 0 Å². The second-order valence-corrected chi connectivity index (χ2v) is 5.77. The van der Waals surface area contributed by atoms with Gasteiger partial charge in [0.25, 0.3) is 0 Å². The molecule has 0 bridgehead atoms. The van der Waals surface area contributed by atoms with Gasteiger partial charge in [0.2, 0.25) is 0 Å². The van der Waals surface area contributed by atoms with Gasteiger partial charge in [0.05, 0.1) is 16.3 Å². The number of fused-ring (bicyclic) bond motifs is 1. The van der Waals surface area contributed by atoms with E-state index >= 15 is 0 Å². The van der Waals surface area contributed by atoms with E-state index in [1.807, 2.05) is 12.1 Å². The first kappa shape index (κ1) is 9.32. The van der Waals surface area contributed by atoms with Crippen molar-refractivity contribution in [3.63, 3.8) is 0 Å². The number of aromatic nitrogens is 1. The molecule has 0 spiro atoms. The maximum absolute atomic E-state index is 9.10. The fraction of sp³-hybridized carbons (Fsp3) is 0.273. The van der Waals surface area contributed by atoms with E-state index in [0.717, 1.165) is 32.5 Å². The summed E-state index contributed by atoms with van der Waals surface area (Å²) in [5.41, 5.74) is 0.746. The van der Waals surface area contributed by atoms with Crippen LogP contribution >= 0.6 is 27.3 Å². The predicted molar refractivity (Wildman–Crippen MR) is 63.8 cm³/mol. The summed E-state index contributed by atoms with van der Waals surface area (Å²) in [6.07, 6.45) is 1.93. The molecule has 1 aliphatic carbocycles. The molecule has 1 aliphatic rings. The van der Waals surface area contributed by atoms with Crippen molar-refractivity contribution in [1.29, 1.82) is 5.26 Å². The van der Waals surface area contributed by atoms with Gasteiger partial charge >= 0.3 is 0 Å². The molecule has 0 aliphatic heterocycles. The zero-order valence-electron chi connectivity index (χ0n) is 7.83. The standard InChI is InChI=1S/C11H7BrN2S/c12-7-1-2-8-9(5-7)15-10(14-8)11(6-13)3-4-11/h1-2,5H,3-4H2. The molecule has 2 aromatic rings. The lowest BCUT2D eigenvalue weighted by Gasteiger charge is -1.96. The maximum Gasteiger partial charge on any atom is 0.114 e. The Morgan fingerprint density at radius 3 is 2.93 bits per heavy atom. The summed E-state index contributed by atoms with van der Waals surface area (Å²) in [6.45, 7) is 0. The molecule has 1 fully saturated rings. The van der Waals surface area contributed by atoms with Gasteiger partial charge in [-0.1, -0.05) is 15.9 Å². The fourth-order valence-corrected chi connectivity index (χ4v) is 3.32. The van der Waals surface area contributed by atoms with E-state index in [1.54, 1.807) is 11.3 Å². The SMILES string of the molecule is N#CC1(c2nc3ccc(Br)cc3s2)CC1. The predicted octanol–water partition coefficient (Wildman–Crippen LogP) is 3.61. The lowest BCUT2D eigenvalue weighted by Crippen LogP contribution is -2.00. The van der Waals surface area contributed by atoms with E-state index in [1.165, 1.54) is 0 Å². The van der Waals surface area contributed by atoms with E-state index in [0.29, 0.717) is 0 Å². The third-order valence-corrected chi connectivity index (χ3v) is 4.44. The molecule has 0 saturated heterocycles. The summed E-state index contributed by atoms with van der Waals surface area (Å²) < 4.78 is 2.22. The van der Waals surface area contributed by atoms with Crippen LogP contribution in [-0.2, 0) is 5.41 Å². The molecule has 1 aromatic heterocycles. The monoisotopic (exact) mass is 278 g/mol. The molecular formula is C11H7BrN2S. The highest BCUT2D eigenvalue weighted by Gasteiger charge is 2.47. The summed E-state index contributed by atoms with van der Waals surface area (Å²) in [5, 5.41) is 10.1. The Morgan fingerprint density at radius 1 is 1.47 bits per heavy atom. The van der Waals surface area contributed by atoms with Crippen LogP contribution in [0.15, 0.2) is 22.7 Å². The number of rotatable bonds is 1. The Labute approximate surface area is 99.7 Å². The number of hydrogen-bond acceptors (Lipinski definition) is 3. The molecule has 3 rings (SSSR count). The van der Waals surface area contributed by atoms with Gasteiger partial charge in [-0.25, -0.2) is 4.98 Å². The molecule has 0 N–H and O–H groups in total. The molecular weight excluding hydrogens is 272 g/mol. The van der Waals surface area contributed by atoms with Gasteiger partial charge in [0.15, 0.2) is 0 Å². The van der Waals surface area contributed by atoms with Gasteiger partial charge in [-0.15, -0.1) is 11.3 Å². The largest absolute Gasteiger partial charge is 0.239 e. The molecule has 1 aromatic carbocycles. The minimum Gasteiger partial charge on any atom is -0.239 e. The average Bonchev–Trinajstić information content (AvgIpc) is 2.93. The van der Waals surface area contributed by atoms with Crippen LogP contribution in [0.2, 0.25) is 0 Å². The van der Waals surface area contributed by atoms with Crippen LogP contribution in [0.5, 0.6) is 0 Å². The van der Waals surface area contributed by atoms with Crippen molar-refractivity contribution in [3.05, 3.63) is 27.7 Å². The molecule has 2 nitrogen and oxygen atoms in total. The van der Waals surface area contributed by atoms with Crippen molar-refractivity contribution in [2.24, 2.45) is 0 Å². The maximum atomic E-state index is 9.10. The Balaban J connectivity index is 2.19. The van der Waals surface area contributed by atoms with Gasteiger partial charge in [-0.3, -0.25) is 0 Å². The summed E-state index contributed by atoms with van der Waals surface area (Å²) in [5.74, 6) is 0. The molecule has 74 valence electrons. The number of thiazole rings is 1. The summed E-state index contributed by atoms with van der Waals surface area (Å²) in [7, 11) is 0. The molecule has 4 heteroatoms. The number of nitriles is 1. The van der Waals surface area contributed by atoms with Crippen LogP contribution in [0.4, 0.5) is 0 Å². The topological polar surface area (TPSA) is 36.7 Å². The van der Waals surface area contributed by atoms with Crippen LogP contribution in [0.1, 0.15) is 17.8 Å². The van der Waals surface area contributed by atoms with Crippen molar-refractivity contribution >= 4 is 37.5 Å². The smallest absolute Gasteiger partial charge is 0.114 e. The lowest BCUT2D eigenvalue weighted by atomic mass is 10.1. The summed E-state index contributed by atoms with van der Waals surface area (Å²) in [6, 6.07) is 8.42. The van der Waals surface area contributed by atoms with Gasteiger partial charge in [-0.2, -0.15) is 5.26 Å². The zero-order valence-corrected chi connectivity index (χ0v) is 10.2. The second-order valence-electron chi connectivity index (χ2n) is 3.82. The number of benzene rings is 1. The molecule has 0 amide bonds. The Morgan fingerprint density at radius 2 is 2.27 bits per heavy atom. The number of halogens is 1. The first-order valence-corrected chi connectivity index (χ1v) is 6.32. The molecule has 1 saturated carbocycles. The third-order valence-electron chi connectivity index (χ3n) is 2.72. The number of nitrogens with zero attached hydrogens (tertiary/aromatic N) is 2.